The minimum atomic E-state index is -0.307. The standard InChI is InChI=1S/C50H33NO2/c1-50(42-17-8-5-14-37(42)38-15-6-9-18-43(38)50)34-24-28-40-48(30-34)53-47-21-11-19-44(49(40)47)51(35-25-22-33(23-26-35)32-12-3-2-4-13-32)36-27-29-46-41(31-36)39-16-7-10-20-45(39)52-46/h2-31H,1H3. The van der Waals surface area contributed by atoms with Gasteiger partial charge >= 0.3 is 0 Å². The summed E-state index contributed by atoms with van der Waals surface area (Å²) in [5, 5.41) is 4.36. The number of furan rings is 2. The van der Waals surface area contributed by atoms with Crippen molar-refractivity contribution in [3.05, 3.63) is 199 Å². The predicted molar refractivity (Wildman–Crippen MR) is 219 cm³/mol. The predicted octanol–water partition coefficient (Wildman–Crippen LogP) is 14.0. The van der Waals surface area contributed by atoms with E-state index in [2.05, 4.69) is 182 Å². The van der Waals surface area contributed by atoms with Gasteiger partial charge in [-0.05, 0) is 100 Å². The average Bonchev–Trinajstić information content (AvgIpc) is 3.87. The Morgan fingerprint density at radius 3 is 1.83 bits per heavy atom. The maximum absolute atomic E-state index is 6.79. The van der Waals surface area contributed by atoms with Crippen LogP contribution in [0.2, 0.25) is 0 Å². The molecule has 1 aliphatic rings. The molecule has 3 nitrogen and oxygen atoms in total. The third kappa shape index (κ3) is 4.41. The smallest absolute Gasteiger partial charge is 0.137 e. The fourth-order valence-corrected chi connectivity index (χ4v) is 8.78. The number of para-hydroxylation sites is 1. The lowest BCUT2D eigenvalue weighted by Crippen LogP contribution is -2.22. The second-order valence-corrected chi connectivity index (χ2v) is 14.2. The van der Waals surface area contributed by atoms with Crippen molar-refractivity contribution in [2.75, 3.05) is 4.90 Å². The average molecular weight is 680 g/mol. The molecule has 0 saturated heterocycles. The maximum atomic E-state index is 6.79. The van der Waals surface area contributed by atoms with E-state index < -0.39 is 0 Å². The van der Waals surface area contributed by atoms with Crippen molar-refractivity contribution >= 4 is 60.9 Å². The monoisotopic (exact) mass is 679 g/mol. The molecule has 2 heterocycles. The van der Waals surface area contributed by atoms with Crippen molar-refractivity contribution in [1.29, 1.82) is 0 Å². The van der Waals surface area contributed by atoms with Crippen LogP contribution in [0.1, 0.15) is 23.6 Å². The molecule has 0 unspecified atom stereocenters. The summed E-state index contributed by atoms with van der Waals surface area (Å²) in [5.74, 6) is 0. The van der Waals surface area contributed by atoms with Crippen LogP contribution in [-0.4, -0.2) is 0 Å². The topological polar surface area (TPSA) is 29.5 Å². The lowest BCUT2D eigenvalue weighted by atomic mass is 9.74. The first kappa shape index (κ1) is 29.8. The van der Waals surface area contributed by atoms with E-state index >= 15 is 0 Å². The van der Waals surface area contributed by atoms with Crippen LogP contribution < -0.4 is 4.90 Å². The highest BCUT2D eigenvalue weighted by atomic mass is 16.3. The van der Waals surface area contributed by atoms with E-state index in [1.807, 2.05) is 12.1 Å². The number of rotatable bonds is 5. The van der Waals surface area contributed by atoms with Gasteiger partial charge in [0.1, 0.15) is 22.3 Å². The maximum Gasteiger partial charge on any atom is 0.137 e. The Morgan fingerprint density at radius 2 is 1.04 bits per heavy atom. The normalized spacial score (nSPS) is 13.2. The van der Waals surface area contributed by atoms with Gasteiger partial charge < -0.3 is 13.7 Å². The van der Waals surface area contributed by atoms with Gasteiger partial charge in [-0.15, -0.1) is 0 Å². The summed E-state index contributed by atoms with van der Waals surface area (Å²) >= 11 is 0. The molecule has 1 aliphatic carbocycles. The molecular weight excluding hydrogens is 647 g/mol. The van der Waals surface area contributed by atoms with Crippen LogP contribution in [0.15, 0.2) is 191 Å². The van der Waals surface area contributed by atoms with Crippen LogP contribution in [0.25, 0.3) is 66.1 Å². The van der Waals surface area contributed by atoms with Gasteiger partial charge in [-0.25, -0.2) is 0 Å². The van der Waals surface area contributed by atoms with E-state index in [1.165, 1.54) is 38.9 Å². The molecule has 0 saturated carbocycles. The van der Waals surface area contributed by atoms with Crippen molar-refractivity contribution in [3.63, 3.8) is 0 Å². The van der Waals surface area contributed by atoms with Crippen molar-refractivity contribution < 1.29 is 8.83 Å². The number of nitrogens with zero attached hydrogens (tertiary/aromatic N) is 1. The molecule has 8 aromatic carbocycles. The molecule has 0 atom stereocenters. The Morgan fingerprint density at radius 1 is 0.415 bits per heavy atom. The van der Waals surface area contributed by atoms with E-state index in [4.69, 9.17) is 8.83 Å². The van der Waals surface area contributed by atoms with Gasteiger partial charge in [0.05, 0.1) is 11.1 Å². The number of benzene rings is 8. The Kier molecular flexibility index (Phi) is 6.38. The van der Waals surface area contributed by atoms with E-state index in [9.17, 15) is 0 Å². The van der Waals surface area contributed by atoms with Gasteiger partial charge in [-0.3, -0.25) is 0 Å². The zero-order valence-corrected chi connectivity index (χ0v) is 29.1. The minimum Gasteiger partial charge on any atom is -0.456 e. The van der Waals surface area contributed by atoms with Crippen molar-refractivity contribution in [1.82, 2.24) is 0 Å². The number of hydrogen-bond donors (Lipinski definition) is 0. The number of anilines is 3. The highest BCUT2D eigenvalue weighted by Gasteiger charge is 2.40. The molecule has 0 radical (unpaired) electrons. The molecule has 2 aromatic heterocycles. The van der Waals surface area contributed by atoms with Gasteiger partial charge in [-0.2, -0.15) is 0 Å². The molecule has 0 bridgehead atoms. The molecule has 53 heavy (non-hydrogen) atoms. The summed E-state index contributed by atoms with van der Waals surface area (Å²) in [6, 6.07) is 65.0. The largest absolute Gasteiger partial charge is 0.456 e. The number of fused-ring (bicyclic) bond motifs is 9. The van der Waals surface area contributed by atoms with Crippen LogP contribution in [0.5, 0.6) is 0 Å². The fourth-order valence-electron chi connectivity index (χ4n) is 8.78. The SMILES string of the molecule is CC1(c2ccc3c(c2)oc2cccc(N(c4ccc(-c5ccccc5)cc4)c4ccc5oc6ccccc6c5c4)c23)c2ccccc2-c2ccccc21. The van der Waals surface area contributed by atoms with E-state index in [1.54, 1.807) is 0 Å². The first-order valence-corrected chi connectivity index (χ1v) is 18.2. The Hall–Kier alpha value is -6.84. The van der Waals surface area contributed by atoms with Crippen LogP contribution in [-0.2, 0) is 5.41 Å². The molecule has 0 N–H and O–H groups in total. The second-order valence-electron chi connectivity index (χ2n) is 14.2. The minimum absolute atomic E-state index is 0.307. The van der Waals surface area contributed by atoms with Gasteiger partial charge in [-0.1, -0.05) is 127 Å². The molecule has 11 rings (SSSR count). The third-order valence-electron chi connectivity index (χ3n) is 11.4. The van der Waals surface area contributed by atoms with Gasteiger partial charge in [0.15, 0.2) is 0 Å². The third-order valence-corrected chi connectivity index (χ3v) is 11.4. The summed E-state index contributed by atoms with van der Waals surface area (Å²) in [7, 11) is 0. The van der Waals surface area contributed by atoms with Gasteiger partial charge in [0.2, 0.25) is 0 Å². The van der Waals surface area contributed by atoms with E-state index in [-0.39, 0.29) is 5.41 Å². The van der Waals surface area contributed by atoms with Crippen molar-refractivity contribution in [2.45, 2.75) is 12.3 Å². The second kappa shape index (κ2) is 11.3. The lowest BCUT2D eigenvalue weighted by Gasteiger charge is -2.28. The van der Waals surface area contributed by atoms with E-state index in [0.717, 1.165) is 60.9 Å². The Labute approximate surface area is 307 Å². The lowest BCUT2D eigenvalue weighted by molar-refractivity contribution is 0.662. The van der Waals surface area contributed by atoms with Gasteiger partial charge in [0, 0.05) is 32.9 Å². The molecular formula is C50H33NO2. The van der Waals surface area contributed by atoms with Crippen molar-refractivity contribution in [2.24, 2.45) is 0 Å². The summed E-state index contributed by atoms with van der Waals surface area (Å²) < 4.78 is 13.0. The molecule has 3 heteroatoms. The quantitative estimate of drug-likeness (QED) is 0.181. The Bertz CT molecular complexity index is 2980. The summed E-state index contributed by atoms with van der Waals surface area (Å²) in [4.78, 5) is 2.35. The summed E-state index contributed by atoms with van der Waals surface area (Å²) in [5.41, 5.74) is 15.2. The first-order chi connectivity index (χ1) is 26.1. The summed E-state index contributed by atoms with van der Waals surface area (Å²) in [6.07, 6.45) is 0. The molecule has 250 valence electrons. The van der Waals surface area contributed by atoms with Crippen LogP contribution in [0.3, 0.4) is 0 Å². The summed E-state index contributed by atoms with van der Waals surface area (Å²) in [6.45, 7) is 2.35. The fraction of sp³-hybridized carbons (Fsp3) is 0.0400. The molecule has 0 amide bonds. The first-order valence-electron chi connectivity index (χ1n) is 18.2. The number of hydrogen-bond acceptors (Lipinski definition) is 3. The molecule has 0 fully saturated rings. The molecule has 0 spiro atoms. The highest BCUT2D eigenvalue weighted by molar-refractivity contribution is 6.14. The van der Waals surface area contributed by atoms with E-state index in [0.29, 0.717) is 0 Å². The zero-order valence-electron chi connectivity index (χ0n) is 29.1. The van der Waals surface area contributed by atoms with Crippen molar-refractivity contribution in [3.8, 4) is 22.3 Å². The molecule has 10 aromatic rings. The van der Waals surface area contributed by atoms with Crippen LogP contribution >= 0.6 is 0 Å². The zero-order chi connectivity index (χ0) is 35.1. The Balaban J connectivity index is 1.11. The molecule has 0 aliphatic heterocycles. The van der Waals surface area contributed by atoms with Crippen LogP contribution in [0, 0.1) is 0 Å². The highest BCUT2D eigenvalue weighted by Crippen LogP contribution is 2.53. The van der Waals surface area contributed by atoms with Gasteiger partial charge in [0.25, 0.3) is 0 Å². The van der Waals surface area contributed by atoms with Crippen LogP contribution in [0.4, 0.5) is 17.1 Å².